The van der Waals surface area contributed by atoms with Crippen LogP contribution in [0.4, 0.5) is 0 Å². The lowest BCUT2D eigenvalue weighted by Gasteiger charge is -2.73. The monoisotopic (exact) mass is 618 g/mol. The Kier molecular flexibility index (Phi) is 7.08. The van der Waals surface area contributed by atoms with E-state index in [1.807, 2.05) is 0 Å². The van der Waals surface area contributed by atoms with Crippen LogP contribution in [0.5, 0.6) is 0 Å². The summed E-state index contributed by atoms with van der Waals surface area (Å²) in [5.74, 6) is 0.695. The molecule has 250 valence electrons. The summed E-state index contributed by atoms with van der Waals surface area (Å²) in [7, 11) is 0. The molecule has 44 heavy (non-hydrogen) atoms. The Balaban J connectivity index is 1.23. The van der Waals surface area contributed by atoms with Crippen molar-refractivity contribution in [3.8, 4) is 0 Å². The molecule has 0 radical (unpaired) electrons. The zero-order valence-electron chi connectivity index (χ0n) is 28.0. The summed E-state index contributed by atoms with van der Waals surface area (Å²) >= 11 is 0. The molecule has 2 bridgehead atoms. The second-order valence-corrected chi connectivity index (χ2v) is 18.1. The van der Waals surface area contributed by atoms with Gasteiger partial charge in [0, 0.05) is 22.2 Å². The maximum absolute atomic E-state index is 12.0. The molecule has 5 aliphatic carbocycles. The van der Waals surface area contributed by atoms with Gasteiger partial charge < -0.3 is 39.7 Å². The van der Waals surface area contributed by atoms with Crippen molar-refractivity contribution >= 4 is 0 Å². The quantitative estimate of drug-likeness (QED) is 0.238. The lowest BCUT2D eigenvalue weighted by molar-refractivity contribution is -0.329. The van der Waals surface area contributed by atoms with Gasteiger partial charge in [0.1, 0.15) is 18.3 Å². The molecule has 16 atom stereocenters. The zero-order chi connectivity index (χ0) is 31.9. The maximum atomic E-state index is 12.0. The second kappa shape index (κ2) is 9.74. The van der Waals surface area contributed by atoms with Crippen LogP contribution in [-0.4, -0.2) is 87.3 Å². The standard InChI is InChI=1S/C36H58O8/c1-20-26(39)27(40)28(41)29(43-20)44-25-10-11-31(4)21(32(25,5)18-37)8-12-33(6)22(31)9-13-36-23-16-30(2,3)14-15-35(23,19-42-36)24(38)17-34(33,36)7/h9,13,20-29,37-41H,8,10-12,14-19H2,1-7H3. The number of aliphatic hydroxyl groups excluding tert-OH is 5. The van der Waals surface area contributed by atoms with Crippen LogP contribution in [0.25, 0.3) is 0 Å². The molecule has 0 aromatic rings. The average Bonchev–Trinajstić information content (AvgIpc) is 3.24. The molecular weight excluding hydrogens is 560 g/mol. The van der Waals surface area contributed by atoms with Gasteiger partial charge in [-0.2, -0.15) is 0 Å². The van der Waals surface area contributed by atoms with E-state index in [4.69, 9.17) is 14.2 Å². The number of aliphatic hydroxyl groups is 5. The van der Waals surface area contributed by atoms with Crippen molar-refractivity contribution in [1.82, 2.24) is 0 Å². The number of rotatable bonds is 3. The highest BCUT2D eigenvalue weighted by Gasteiger charge is 2.79. The topological polar surface area (TPSA) is 129 Å². The first-order valence-electron chi connectivity index (χ1n) is 17.4. The molecule has 8 heteroatoms. The van der Waals surface area contributed by atoms with Crippen molar-refractivity contribution in [1.29, 1.82) is 0 Å². The fourth-order valence-corrected chi connectivity index (χ4v) is 12.8. The van der Waals surface area contributed by atoms with Gasteiger partial charge in [-0.1, -0.05) is 53.7 Å². The summed E-state index contributed by atoms with van der Waals surface area (Å²) < 4.78 is 19.4. The summed E-state index contributed by atoms with van der Waals surface area (Å²) in [5, 5.41) is 54.4. The van der Waals surface area contributed by atoms with Crippen LogP contribution in [0.1, 0.15) is 99.8 Å². The first-order valence-corrected chi connectivity index (χ1v) is 17.4. The number of hydrogen-bond donors (Lipinski definition) is 5. The molecule has 2 aliphatic heterocycles. The highest BCUT2D eigenvalue weighted by atomic mass is 16.7. The minimum atomic E-state index is -1.37. The third kappa shape index (κ3) is 3.75. The van der Waals surface area contributed by atoms with Gasteiger partial charge in [0.2, 0.25) is 0 Å². The number of ether oxygens (including phenoxy) is 3. The van der Waals surface area contributed by atoms with Gasteiger partial charge in [0.25, 0.3) is 0 Å². The summed E-state index contributed by atoms with van der Waals surface area (Å²) in [5.41, 5.74) is -1.36. The van der Waals surface area contributed by atoms with Crippen LogP contribution in [-0.2, 0) is 14.2 Å². The van der Waals surface area contributed by atoms with Crippen molar-refractivity contribution in [2.75, 3.05) is 13.2 Å². The zero-order valence-corrected chi connectivity index (χ0v) is 28.0. The molecule has 16 unspecified atom stereocenters. The lowest BCUT2D eigenvalue weighted by atomic mass is 9.32. The third-order valence-electron chi connectivity index (χ3n) is 15.8. The fraction of sp³-hybridized carbons (Fsp3) is 0.944. The molecule has 0 amide bonds. The van der Waals surface area contributed by atoms with Gasteiger partial charge in [-0.3, -0.25) is 0 Å². The summed E-state index contributed by atoms with van der Waals surface area (Å²) in [6, 6.07) is 0. The third-order valence-corrected chi connectivity index (χ3v) is 15.8. The highest BCUT2D eigenvalue weighted by Crippen LogP contribution is 2.79. The van der Waals surface area contributed by atoms with Gasteiger partial charge in [-0.15, -0.1) is 0 Å². The van der Waals surface area contributed by atoms with Crippen LogP contribution in [0.15, 0.2) is 12.2 Å². The Labute approximate surface area is 263 Å². The van der Waals surface area contributed by atoms with Crippen molar-refractivity contribution < 1.29 is 39.7 Å². The largest absolute Gasteiger partial charge is 0.396 e. The lowest BCUT2D eigenvalue weighted by Crippen LogP contribution is -2.72. The van der Waals surface area contributed by atoms with Gasteiger partial charge in [-0.25, -0.2) is 0 Å². The van der Waals surface area contributed by atoms with E-state index in [-0.39, 0.29) is 63.3 Å². The Morgan fingerprint density at radius 1 is 0.841 bits per heavy atom. The molecule has 7 rings (SSSR count). The summed E-state index contributed by atoms with van der Waals surface area (Å²) in [6.45, 7) is 16.4. The average molecular weight is 619 g/mol. The van der Waals surface area contributed by atoms with E-state index in [0.717, 1.165) is 44.9 Å². The molecular formula is C36H58O8. The smallest absolute Gasteiger partial charge is 0.186 e. The van der Waals surface area contributed by atoms with E-state index < -0.39 is 36.1 Å². The van der Waals surface area contributed by atoms with Crippen LogP contribution in [0, 0.1) is 50.2 Å². The van der Waals surface area contributed by atoms with Crippen molar-refractivity contribution in [3.63, 3.8) is 0 Å². The minimum Gasteiger partial charge on any atom is -0.396 e. The highest BCUT2D eigenvalue weighted by molar-refractivity contribution is 5.36. The van der Waals surface area contributed by atoms with E-state index in [1.165, 1.54) is 0 Å². The summed E-state index contributed by atoms with van der Waals surface area (Å²) in [4.78, 5) is 0. The Morgan fingerprint density at radius 2 is 1.57 bits per heavy atom. The minimum absolute atomic E-state index is 0.0582. The van der Waals surface area contributed by atoms with Crippen LogP contribution >= 0.6 is 0 Å². The Morgan fingerprint density at radius 3 is 2.27 bits per heavy atom. The molecule has 0 aromatic heterocycles. The predicted octanol–water partition coefficient (Wildman–Crippen LogP) is 3.95. The Hall–Kier alpha value is -0.580. The fourth-order valence-electron chi connectivity index (χ4n) is 12.8. The Bertz CT molecular complexity index is 1190. The molecule has 4 saturated carbocycles. The summed E-state index contributed by atoms with van der Waals surface area (Å²) in [6.07, 6.45) is 5.98. The molecule has 5 N–H and O–H groups in total. The van der Waals surface area contributed by atoms with E-state index in [0.29, 0.717) is 18.9 Å². The van der Waals surface area contributed by atoms with Crippen LogP contribution in [0.3, 0.4) is 0 Å². The van der Waals surface area contributed by atoms with Gasteiger partial charge >= 0.3 is 0 Å². The number of allylic oxidation sites excluding steroid dienone is 1. The molecule has 8 nitrogen and oxygen atoms in total. The van der Waals surface area contributed by atoms with Crippen LogP contribution in [0.2, 0.25) is 0 Å². The first kappa shape index (κ1) is 32.0. The van der Waals surface area contributed by atoms with E-state index in [1.54, 1.807) is 6.92 Å². The van der Waals surface area contributed by atoms with Crippen molar-refractivity contribution in [3.05, 3.63) is 12.2 Å². The molecule has 7 aliphatic rings. The maximum Gasteiger partial charge on any atom is 0.186 e. The van der Waals surface area contributed by atoms with E-state index in [9.17, 15) is 25.5 Å². The normalized spacial score (nSPS) is 61.0. The molecule has 0 aromatic carbocycles. The van der Waals surface area contributed by atoms with Crippen LogP contribution < -0.4 is 0 Å². The number of fused-ring (bicyclic) bond motifs is 4. The molecule has 2 saturated heterocycles. The van der Waals surface area contributed by atoms with Crippen molar-refractivity contribution in [2.45, 2.75) is 148 Å². The first-order chi connectivity index (χ1) is 20.4. The number of hydrogen-bond acceptors (Lipinski definition) is 8. The van der Waals surface area contributed by atoms with E-state index in [2.05, 4.69) is 53.7 Å². The predicted molar refractivity (Wildman–Crippen MR) is 164 cm³/mol. The molecule has 6 fully saturated rings. The SMILES string of the molecule is CC1OC(OC2CCC3(C)C(CCC4(C)C3C=CC35OCC6(CCC(C)(C)CC63)C(O)CC45C)C2(C)CO)C(O)C(O)C1O. The van der Waals surface area contributed by atoms with E-state index >= 15 is 0 Å². The van der Waals surface area contributed by atoms with Gasteiger partial charge in [0.05, 0.1) is 37.1 Å². The van der Waals surface area contributed by atoms with Gasteiger partial charge in [0.15, 0.2) is 6.29 Å². The van der Waals surface area contributed by atoms with Gasteiger partial charge in [-0.05, 0) is 86.4 Å². The van der Waals surface area contributed by atoms with Crippen molar-refractivity contribution in [2.24, 2.45) is 50.2 Å². The molecule has 2 heterocycles. The molecule has 1 spiro atoms. The second-order valence-electron chi connectivity index (χ2n) is 18.1.